The van der Waals surface area contributed by atoms with Crippen molar-refractivity contribution in [3.63, 3.8) is 0 Å². The smallest absolute Gasteiger partial charge is 0.132 e. The molecule has 2 rings (SSSR count). The maximum Gasteiger partial charge on any atom is 0.132 e. The van der Waals surface area contributed by atoms with Crippen molar-refractivity contribution in [3.05, 3.63) is 40.9 Å². The van der Waals surface area contributed by atoms with E-state index in [0.29, 0.717) is 10.7 Å². The van der Waals surface area contributed by atoms with Crippen LogP contribution in [0.2, 0.25) is 5.02 Å². The van der Waals surface area contributed by atoms with Crippen LogP contribution in [-0.2, 0) is 19.9 Å². The summed E-state index contributed by atoms with van der Waals surface area (Å²) in [6.07, 6.45) is 3.43. The van der Waals surface area contributed by atoms with Crippen molar-refractivity contribution in [2.45, 2.75) is 12.8 Å². The molecule has 1 aromatic carbocycles. The Labute approximate surface area is 99.1 Å². The van der Waals surface area contributed by atoms with E-state index in [9.17, 15) is 0 Å². The van der Waals surface area contributed by atoms with Gasteiger partial charge in [0.1, 0.15) is 12.2 Å². The van der Waals surface area contributed by atoms with Gasteiger partial charge in [-0.05, 0) is 24.1 Å². The number of benzene rings is 1. The third-order valence-electron chi connectivity index (χ3n) is 2.50. The van der Waals surface area contributed by atoms with Crippen molar-refractivity contribution < 1.29 is 0 Å². The van der Waals surface area contributed by atoms with Gasteiger partial charge in [-0.2, -0.15) is 0 Å². The third-order valence-corrected chi connectivity index (χ3v) is 2.85. The predicted molar refractivity (Wildman–Crippen MR) is 64.3 cm³/mol. The molecular formula is C11H13ClN4. The Balaban J connectivity index is 2.05. The summed E-state index contributed by atoms with van der Waals surface area (Å²) in [6, 6.07) is 5.71. The highest BCUT2D eigenvalue weighted by Gasteiger charge is 2.03. The van der Waals surface area contributed by atoms with Crippen molar-refractivity contribution in [2.24, 2.45) is 7.05 Å². The average Bonchev–Trinajstić information content (AvgIpc) is 2.66. The number of nitrogens with two attached hydrogens (primary N) is 1. The summed E-state index contributed by atoms with van der Waals surface area (Å²) in [5.41, 5.74) is 7.51. The van der Waals surface area contributed by atoms with Crippen LogP contribution >= 0.6 is 11.6 Å². The first kappa shape index (κ1) is 11.0. The fourth-order valence-corrected chi connectivity index (χ4v) is 1.66. The van der Waals surface area contributed by atoms with E-state index in [4.69, 9.17) is 17.3 Å². The van der Waals surface area contributed by atoms with Gasteiger partial charge in [0.15, 0.2) is 0 Å². The Hall–Kier alpha value is -1.55. The number of nitrogen functional groups attached to an aromatic ring is 1. The molecule has 16 heavy (non-hydrogen) atoms. The van der Waals surface area contributed by atoms with Crippen LogP contribution in [0.5, 0.6) is 0 Å². The highest BCUT2D eigenvalue weighted by atomic mass is 35.5. The fourth-order valence-electron chi connectivity index (χ4n) is 1.54. The van der Waals surface area contributed by atoms with E-state index in [2.05, 4.69) is 10.2 Å². The Morgan fingerprint density at radius 3 is 2.81 bits per heavy atom. The Kier molecular flexibility index (Phi) is 3.10. The van der Waals surface area contributed by atoms with E-state index in [0.717, 1.165) is 24.2 Å². The van der Waals surface area contributed by atoms with Gasteiger partial charge >= 0.3 is 0 Å². The number of hydrogen-bond donors (Lipinski definition) is 1. The van der Waals surface area contributed by atoms with Crippen molar-refractivity contribution >= 4 is 17.3 Å². The number of rotatable bonds is 3. The molecule has 0 aliphatic carbocycles. The van der Waals surface area contributed by atoms with Crippen LogP contribution in [0.4, 0.5) is 5.69 Å². The number of anilines is 1. The molecule has 0 fully saturated rings. The van der Waals surface area contributed by atoms with Crippen LogP contribution in [0.3, 0.4) is 0 Å². The van der Waals surface area contributed by atoms with Crippen LogP contribution in [0, 0.1) is 0 Å². The lowest BCUT2D eigenvalue weighted by Crippen LogP contribution is -2.00. The monoisotopic (exact) mass is 236 g/mol. The molecule has 0 amide bonds. The molecular weight excluding hydrogens is 224 g/mol. The minimum absolute atomic E-state index is 0.599. The van der Waals surface area contributed by atoms with Gasteiger partial charge in [-0.1, -0.05) is 17.7 Å². The largest absolute Gasteiger partial charge is 0.398 e. The van der Waals surface area contributed by atoms with Crippen molar-refractivity contribution in [1.29, 1.82) is 0 Å². The summed E-state index contributed by atoms with van der Waals surface area (Å²) in [5.74, 6) is 0.966. The van der Waals surface area contributed by atoms with E-state index in [1.165, 1.54) is 0 Å². The highest BCUT2D eigenvalue weighted by molar-refractivity contribution is 6.33. The molecule has 0 atom stereocenters. The summed E-state index contributed by atoms with van der Waals surface area (Å²) in [7, 11) is 1.94. The maximum absolute atomic E-state index is 5.85. The molecule has 0 spiro atoms. The van der Waals surface area contributed by atoms with E-state index in [-0.39, 0.29) is 0 Å². The number of nitrogens with zero attached hydrogens (tertiary/aromatic N) is 3. The zero-order chi connectivity index (χ0) is 11.5. The maximum atomic E-state index is 5.85. The first-order valence-corrected chi connectivity index (χ1v) is 5.41. The van der Waals surface area contributed by atoms with Crippen LogP contribution in [0.25, 0.3) is 0 Å². The van der Waals surface area contributed by atoms with Crippen molar-refractivity contribution in [1.82, 2.24) is 14.8 Å². The van der Waals surface area contributed by atoms with E-state index < -0.39 is 0 Å². The van der Waals surface area contributed by atoms with Crippen molar-refractivity contribution in [2.75, 3.05) is 5.73 Å². The van der Waals surface area contributed by atoms with Gasteiger partial charge in [-0.15, -0.1) is 10.2 Å². The van der Waals surface area contributed by atoms with Crippen LogP contribution < -0.4 is 5.73 Å². The van der Waals surface area contributed by atoms with Gasteiger partial charge < -0.3 is 10.3 Å². The minimum Gasteiger partial charge on any atom is -0.398 e. The second kappa shape index (κ2) is 4.53. The summed E-state index contributed by atoms with van der Waals surface area (Å²) >= 11 is 5.85. The first-order valence-electron chi connectivity index (χ1n) is 5.03. The minimum atomic E-state index is 0.599. The first-order chi connectivity index (χ1) is 7.66. The van der Waals surface area contributed by atoms with Gasteiger partial charge in [-0.3, -0.25) is 0 Å². The lowest BCUT2D eigenvalue weighted by Gasteiger charge is -2.04. The lowest BCUT2D eigenvalue weighted by molar-refractivity contribution is 0.770. The Morgan fingerprint density at radius 2 is 2.19 bits per heavy atom. The standard InChI is InChI=1S/C11H13ClN4/c1-16-7-14-15-11(16)5-3-8-2-4-9(12)10(13)6-8/h2,4,6-7H,3,5,13H2,1H3. The molecule has 0 saturated carbocycles. The van der Waals surface area contributed by atoms with Crippen molar-refractivity contribution in [3.8, 4) is 0 Å². The second-order valence-corrected chi connectivity index (χ2v) is 4.12. The molecule has 1 aromatic heterocycles. The third kappa shape index (κ3) is 2.33. The van der Waals surface area contributed by atoms with Gasteiger partial charge in [-0.25, -0.2) is 0 Å². The molecule has 1 heterocycles. The molecule has 84 valence electrons. The zero-order valence-corrected chi connectivity index (χ0v) is 9.78. The molecule has 4 nitrogen and oxygen atoms in total. The summed E-state index contributed by atoms with van der Waals surface area (Å²) < 4.78 is 1.92. The van der Waals surface area contributed by atoms with Gasteiger partial charge in [0.05, 0.1) is 10.7 Å². The second-order valence-electron chi connectivity index (χ2n) is 3.71. The summed E-state index contributed by atoms with van der Waals surface area (Å²) in [4.78, 5) is 0. The van der Waals surface area contributed by atoms with E-state index in [1.54, 1.807) is 6.33 Å². The molecule has 2 aromatic rings. The van der Waals surface area contributed by atoms with Gasteiger partial charge in [0, 0.05) is 13.5 Å². The normalized spacial score (nSPS) is 10.6. The van der Waals surface area contributed by atoms with Crippen LogP contribution in [0.1, 0.15) is 11.4 Å². The number of hydrogen-bond acceptors (Lipinski definition) is 3. The SMILES string of the molecule is Cn1cnnc1CCc1ccc(Cl)c(N)c1. The molecule has 0 saturated heterocycles. The number of aryl methyl sites for hydroxylation is 3. The number of aromatic nitrogens is 3. The van der Waals surface area contributed by atoms with Crippen LogP contribution in [0.15, 0.2) is 24.5 Å². The van der Waals surface area contributed by atoms with Crippen LogP contribution in [-0.4, -0.2) is 14.8 Å². The fraction of sp³-hybridized carbons (Fsp3) is 0.273. The topological polar surface area (TPSA) is 56.7 Å². The Bertz CT molecular complexity index is 492. The molecule has 0 aliphatic rings. The van der Waals surface area contributed by atoms with E-state index in [1.807, 2.05) is 29.8 Å². The van der Waals surface area contributed by atoms with E-state index >= 15 is 0 Å². The Morgan fingerprint density at radius 1 is 1.38 bits per heavy atom. The molecule has 2 N–H and O–H groups in total. The average molecular weight is 237 g/mol. The summed E-state index contributed by atoms with van der Waals surface area (Å²) in [5, 5.41) is 8.46. The van der Waals surface area contributed by atoms with Gasteiger partial charge in [0.2, 0.25) is 0 Å². The summed E-state index contributed by atoms with van der Waals surface area (Å²) in [6.45, 7) is 0. The molecule has 0 radical (unpaired) electrons. The molecule has 0 bridgehead atoms. The van der Waals surface area contributed by atoms with Gasteiger partial charge in [0.25, 0.3) is 0 Å². The number of halogens is 1. The lowest BCUT2D eigenvalue weighted by atomic mass is 10.1. The zero-order valence-electron chi connectivity index (χ0n) is 9.02. The quantitative estimate of drug-likeness (QED) is 0.828. The molecule has 0 aliphatic heterocycles. The molecule has 0 unspecified atom stereocenters. The predicted octanol–water partition coefficient (Wildman–Crippen LogP) is 1.84. The molecule has 5 heteroatoms. The highest BCUT2D eigenvalue weighted by Crippen LogP contribution is 2.20.